The van der Waals surface area contributed by atoms with Crippen molar-refractivity contribution < 1.29 is 26.1 Å². The van der Waals surface area contributed by atoms with E-state index in [1.165, 1.54) is 18.2 Å². The van der Waals surface area contributed by atoms with Gasteiger partial charge >= 0.3 is 0 Å². The smallest absolute Gasteiger partial charge is 0.298 e. The maximum Gasteiger partial charge on any atom is 0.298 e. The average molecular weight is 440 g/mol. The van der Waals surface area contributed by atoms with Gasteiger partial charge in [-0.25, -0.2) is 9.19 Å². The van der Waals surface area contributed by atoms with E-state index in [-0.39, 0.29) is 21.9 Å². The van der Waals surface area contributed by atoms with Crippen LogP contribution >= 0.6 is 0 Å². The first kappa shape index (κ1) is 18.8. The number of rotatable bonds is 3. The molecule has 150 valence electrons. The minimum atomic E-state index is -4.65. The van der Waals surface area contributed by atoms with Gasteiger partial charge in [-0.05, 0) is 35.7 Å². The molecule has 5 rings (SSSR count). The number of nitrogens with zero attached hydrogens (tertiary/aromatic N) is 2. The van der Waals surface area contributed by atoms with E-state index in [0.717, 1.165) is 5.39 Å². The van der Waals surface area contributed by atoms with Crippen molar-refractivity contribution in [3.8, 4) is 11.5 Å². The van der Waals surface area contributed by atoms with E-state index in [1.807, 2.05) is 24.3 Å². The van der Waals surface area contributed by atoms with Gasteiger partial charge in [-0.1, -0.05) is 24.3 Å². The minimum absolute atomic E-state index is 0.0898. The highest BCUT2D eigenvalue weighted by molar-refractivity contribution is 7.86. The Hall–Kier alpha value is -3.18. The molecule has 3 aromatic carbocycles. The van der Waals surface area contributed by atoms with Crippen molar-refractivity contribution in [2.75, 3.05) is 0 Å². The highest BCUT2D eigenvalue weighted by atomic mass is 32.2. The molecule has 5 aromatic rings. The van der Waals surface area contributed by atoms with Gasteiger partial charge in [-0.2, -0.15) is 8.42 Å². The first-order valence-electron chi connectivity index (χ1n) is 8.63. The number of fused-ring (bicyclic) bond motifs is 4. The first-order chi connectivity index (χ1) is 14.3. The fourth-order valence-corrected chi connectivity index (χ4v) is 4.51. The van der Waals surface area contributed by atoms with E-state index in [4.69, 9.17) is 4.42 Å². The van der Waals surface area contributed by atoms with Crippen molar-refractivity contribution in [1.82, 2.24) is 9.97 Å². The summed E-state index contributed by atoms with van der Waals surface area (Å²) in [7, 11) is -4.65. The average Bonchev–Trinajstić information content (AvgIpc) is 3.16. The van der Waals surface area contributed by atoms with Crippen LogP contribution in [0.4, 0.5) is 0 Å². The summed E-state index contributed by atoms with van der Waals surface area (Å²) >= 11 is -2.25. The topological polar surface area (TPSA) is 131 Å². The number of pyridine rings is 1. The van der Waals surface area contributed by atoms with E-state index in [2.05, 4.69) is 9.97 Å². The Morgan fingerprint density at radius 3 is 2.57 bits per heavy atom. The third-order valence-electron chi connectivity index (χ3n) is 4.77. The van der Waals surface area contributed by atoms with Gasteiger partial charge < -0.3 is 8.97 Å². The van der Waals surface area contributed by atoms with Gasteiger partial charge in [0.15, 0.2) is 16.7 Å². The van der Waals surface area contributed by atoms with E-state index in [1.54, 1.807) is 18.3 Å². The summed E-state index contributed by atoms with van der Waals surface area (Å²) in [5.74, 6) is 0.163. The van der Waals surface area contributed by atoms with Crippen LogP contribution in [0.15, 0.2) is 75.0 Å². The number of hydrogen-bond donors (Lipinski definition) is 2. The molecule has 0 saturated heterocycles. The van der Waals surface area contributed by atoms with Crippen molar-refractivity contribution in [2.45, 2.75) is 9.79 Å². The summed E-state index contributed by atoms with van der Waals surface area (Å²) in [6.07, 6.45) is 1.59. The zero-order valence-electron chi connectivity index (χ0n) is 15.0. The van der Waals surface area contributed by atoms with E-state index in [0.29, 0.717) is 21.9 Å². The summed E-state index contributed by atoms with van der Waals surface area (Å²) < 4.78 is 60.3. The van der Waals surface area contributed by atoms with Gasteiger partial charge in [0, 0.05) is 22.5 Å². The second-order valence-electron chi connectivity index (χ2n) is 6.55. The van der Waals surface area contributed by atoms with Crippen LogP contribution in [0.3, 0.4) is 0 Å². The highest BCUT2D eigenvalue weighted by Crippen LogP contribution is 2.36. The Balaban J connectivity index is 1.89. The monoisotopic (exact) mass is 440 g/mol. The molecule has 1 unspecified atom stereocenters. The molecule has 2 aromatic heterocycles. The molecule has 0 spiro atoms. The molecule has 8 nitrogen and oxygen atoms in total. The molecule has 0 aliphatic carbocycles. The molecule has 2 N–H and O–H groups in total. The second kappa shape index (κ2) is 6.67. The number of hydrogen-bond acceptors (Lipinski definition) is 6. The third-order valence-corrected chi connectivity index (χ3v) is 6.29. The molecule has 2 heterocycles. The molecular formula is C20H12N2O6S2. The molecule has 0 bridgehead atoms. The van der Waals surface area contributed by atoms with E-state index < -0.39 is 26.1 Å². The SMILES string of the molecule is O=S(O)c1ccc2c(c1)cc(S(=O)(=O)O)c1oc(-c3ccnc4ccccc34)nc12. The predicted molar refractivity (Wildman–Crippen MR) is 111 cm³/mol. The van der Waals surface area contributed by atoms with Gasteiger partial charge in [0.1, 0.15) is 10.4 Å². The lowest BCUT2D eigenvalue weighted by atomic mass is 10.1. The Bertz CT molecular complexity index is 1600. The standard InChI is InChI=1S/C20H12N2O6S2/c23-29(24)12-5-6-13-11(9-12)10-17(30(25,26)27)19-18(13)22-20(28-19)15-7-8-21-16-4-2-1-3-14(15)16/h1-10H,(H,23,24)(H,25,26,27). The van der Waals surface area contributed by atoms with Crippen LogP contribution in [-0.4, -0.2) is 31.7 Å². The van der Waals surface area contributed by atoms with Crippen molar-refractivity contribution >= 4 is 54.0 Å². The fraction of sp³-hybridized carbons (Fsp3) is 0. The first-order valence-corrected chi connectivity index (χ1v) is 11.2. The summed E-state index contributed by atoms with van der Waals surface area (Å²) in [6.45, 7) is 0. The van der Waals surface area contributed by atoms with Gasteiger partial charge in [0.25, 0.3) is 10.1 Å². The van der Waals surface area contributed by atoms with Gasteiger partial charge in [0.05, 0.1) is 10.4 Å². The lowest BCUT2D eigenvalue weighted by Crippen LogP contribution is -1.99. The van der Waals surface area contributed by atoms with Gasteiger partial charge in [-0.15, -0.1) is 0 Å². The number of benzene rings is 3. The summed E-state index contributed by atoms with van der Waals surface area (Å²) in [4.78, 5) is 8.42. The zero-order valence-corrected chi connectivity index (χ0v) is 16.6. The summed E-state index contributed by atoms with van der Waals surface area (Å²) in [5, 5.41) is 1.61. The normalized spacial score (nSPS) is 13.3. The Morgan fingerprint density at radius 2 is 1.80 bits per heavy atom. The molecule has 10 heteroatoms. The predicted octanol–water partition coefficient (Wildman–Crippen LogP) is 4.02. The molecule has 0 saturated carbocycles. The number of para-hydroxylation sites is 1. The molecule has 0 radical (unpaired) electrons. The van der Waals surface area contributed by atoms with Crippen LogP contribution in [0.25, 0.3) is 44.2 Å². The summed E-state index contributed by atoms with van der Waals surface area (Å²) in [6, 6.07) is 14.6. The summed E-state index contributed by atoms with van der Waals surface area (Å²) in [5.41, 5.74) is 1.44. The van der Waals surface area contributed by atoms with Crippen molar-refractivity contribution in [2.24, 2.45) is 0 Å². The Morgan fingerprint density at radius 1 is 1.00 bits per heavy atom. The maximum atomic E-state index is 12.0. The van der Waals surface area contributed by atoms with Crippen molar-refractivity contribution in [1.29, 1.82) is 0 Å². The Labute approximate surface area is 172 Å². The fourth-order valence-electron chi connectivity index (χ4n) is 3.45. The molecule has 0 aliphatic rings. The highest BCUT2D eigenvalue weighted by Gasteiger charge is 2.23. The van der Waals surface area contributed by atoms with Crippen LogP contribution in [-0.2, 0) is 21.2 Å². The second-order valence-corrected chi connectivity index (χ2v) is 8.91. The van der Waals surface area contributed by atoms with Crippen LogP contribution in [0.5, 0.6) is 0 Å². The van der Waals surface area contributed by atoms with Gasteiger partial charge in [0.2, 0.25) is 5.89 Å². The van der Waals surface area contributed by atoms with Crippen molar-refractivity contribution in [3.05, 3.63) is 60.8 Å². The zero-order chi connectivity index (χ0) is 21.0. The largest absolute Gasteiger partial charge is 0.435 e. The van der Waals surface area contributed by atoms with Crippen LogP contribution in [0, 0.1) is 0 Å². The molecular weight excluding hydrogens is 428 g/mol. The lowest BCUT2D eigenvalue weighted by molar-refractivity contribution is 0.482. The molecule has 30 heavy (non-hydrogen) atoms. The molecule has 0 fully saturated rings. The van der Waals surface area contributed by atoms with Crippen LogP contribution in [0.2, 0.25) is 0 Å². The third kappa shape index (κ3) is 2.97. The number of aromatic nitrogens is 2. The lowest BCUT2D eigenvalue weighted by Gasteiger charge is -2.04. The number of oxazole rings is 1. The quantitative estimate of drug-likeness (QED) is 0.318. The Kier molecular flexibility index (Phi) is 4.19. The van der Waals surface area contributed by atoms with Crippen molar-refractivity contribution in [3.63, 3.8) is 0 Å². The van der Waals surface area contributed by atoms with Gasteiger partial charge in [-0.3, -0.25) is 9.54 Å². The minimum Gasteiger partial charge on any atom is -0.435 e. The van der Waals surface area contributed by atoms with Crippen LogP contribution in [0.1, 0.15) is 0 Å². The maximum absolute atomic E-state index is 12.0. The van der Waals surface area contributed by atoms with E-state index >= 15 is 0 Å². The van der Waals surface area contributed by atoms with E-state index in [9.17, 15) is 21.7 Å². The molecule has 0 amide bonds. The molecule has 0 aliphatic heterocycles. The molecule has 1 atom stereocenters. The van der Waals surface area contributed by atoms with Crippen LogP contribution < -0.4 is 0 Å².